The summed E-state index contributed by atoms with van der Waals surface area (Å²) >= 11 is 0. The van der Waals surface area contributed by atoms with Gasteiger partial charge in [0.15, 0.2) is 0 Å². The van der Waals surface area contributed by atoms with Crippen LogP contribution < -0.4 is 5.14 Å². The van der Waals surface area contributed by atoms with Gasteiger partial charge in [-0.2, -0.15) is 8.42 Å². The third-order valence-corrected chi connectivity index (χ3v) is 0. The Kier molecular flexibility index (Phi) is 4.68. The summed E-state index contributed by atoms with van der Waals surface area (Å²) in [6.45, 7) is 0. The first-order chi connectivity index (χ1) is 2.00. The predicted octanol–water partition coefficient (Wildman–Crippen LogP) is -2.44. The minimum atomic E-state index is -4.17. The van der Waals surface area contributed by atoms with E-state index in [0.717, 1.165) is 0 Å². The van der Waals surface area contributed by atoms with Crippen LogP contribution in [0.25, 0.3) is 0 Å². The number of rotatable bonds is 0. The summed E-state index contributed by atoms with van der Waals surface area (Å²) in [6.07, 6.45) is 0. The molecule has 0 spiro atoms. The van der Waals surface area contributed by atoms with Crippen LogP contribution in [0.5, 0.6) is 0 Å². The van der Waals surface area contributed by atoms with E-state index in [1.807, 2.05) is 0 Å². The molecule has 6 heavy (non-hydrogen) atoms. The Morgan fingerprint density at radius 3 is 1.50 bits per heavy atom. The van der Waals surface area contributed by atoms with E-state index >= 15 is 0 Å². The molecule has 3 N–H and O–H groups in total. The van der Waals surface area contributed by atoms with Crippen molar-refractivity contribution >= 4 is 36.1 Å². The van der Waals surface area contributed by atoms with E-state index in [1.165, 1.54) is 0 Å². The fourth-order valence-electron chi connectivity index (χ4n) is 0. The summed E-state index contributed by atoms with van der Waals surface area (Å²) in [7, 11) is -4.17. The molecule has 6 heteroatoms. The molecule has 0 aliphatic carbocycles. The zero-order chi connectivity index (χ0) is 4.50. The van der Waals surface area contributed by atoms with E-state index in [4.69, 9.17) is 13.0 Å². The van der Waals surface area contributed by atoms with Crippen LogP contribution in [-0.4, -0.2) is 38.8 Å². The van der Waals surface area contributed by atoms with Crippen molar-refractivity contribution in [3.8, 4) is 0 Å². The van der Waals surface area contributed by atoms with Crippen LogP contribution in [0.1, 0.15) is 0 Å². The molecule has 4 nitrogen and oxygen atoms in total. The molecule has 0 amide bonds. The van der Waals surface area contributed by atoms with Crippen LogP contribution in [0.15, 0.2) is 0 Å². The minimum absolute atomic E-state index is 0. The molecule has 0 rings (SSSR count). The van der Waals surface area contributed by atoms with Crippen molar-refractivity contribution in [3.63, 3.8) is 0 Å². The van der Waals surface area contributed by atoms with Crippen molar-refractivity contribution in [2.24, 2.45) is 5.14 Å². The first-order valence-corrected chi connectivity index (χ1v) is 2.25. The van der Waals surface area contributed by atoms with Crippen LogP contribution in [-0.2, 0) is 10.3 Å². The normalized spacial score (nSPS) is 9.67. The van der Waals surface area contributed by atoms with Crippen molar-refractivity contribution in [3.05, 3.63) is 0 Å². The van der Waals surface area contributed by atoms with E-state index in [2.05, 4.69) is 5.14 Å². The van der Waals surface area contributed by atoms with Crippen molar-refractivity contribution in [1.29, 1.82) is 0 Å². The van der Waals surface area contributed by atoms with Crippen LogP contribution in [0.2, 0.25) is 0 Å². The van der Waals surface area contributed by atoms with E-state index in [1.54, 1.807) is 0 Å². The Morgan fingerprint density at radius 1 is 1.50 bits per heavy atom. The molecule has 0 aromatic carbocycles. The van der Waals surface area contributed by atoms with Gasteiger partial charge in [-0.3, -0.25) is 4.55 Å². The SMILES string of the molecule is NS(=O)(=O)O.[InH3]. The maximum absolute atomic E-state index is 8.97. The molecule has 38 valence electrons. The van der Waals surface area contributed by atoms with E-state index in [0.29, 0.717) is 0 Å². The van der Waals surface area contributed by atoms with Gasteiger partial charge in [0.25, 0.3) is 0 Å². The molecule has 0 bridgehead atoms. The molecule has 0 unspecified atom stereocenters. The molecular weight excluding hydrogens is 209 g/mol. The van der Waals surface area contributed by atoms with Crippen molar-refractivity contribution < 1.29 is 13.0 Å². The van der Waals surface area contributed by atoms with Crippen LogP contribution in [0.4, 0.5) is 0 Å². The molecule has 0 aromatic rings. The third-order valence-electron chi connectivity index (χ3n) is 0. The van der Waals surface area contributed by atoms with Gasteiger partial charge < -0.3 is 0 Å². The molecule has 0 aliphatic heterocycles. The second-order valence-electron chi connectivity index (χ2n) is 0.515. The molecule has 0 fully saturated rings. The first kappa shape index (κ1) is 9.88. The molecule has 0 saturated carbocycles. The quantitative estimate of drug-likeness (QED) is 0.440. The van der Waals surface area contributed by atoms with E-state index in [9.17, 15) is 0 Å². The fraction of sp³-hybridized carbons (Fsp3) is 0. The molecule has 0 atom stereocenters. The fourth-order valence-corrected chi connectivity index (χ4v) is 0. The van der Waals surface area contributed by atoms with Crippen LogP contribution in [0, 0.1) is 0 Å². The monoisotopic (exact) mass is 215 g/mol. The van der Waals surface area contributed by atoms with Crippen molar-refractivity contribution in [2.75, 3.05) is 0 Å². The summed E-state index contributed by atoms with van der Waals surface area (Å²) < 4.78 is 25.2. The average molecular weight is 215 g/mol. The zero-order valence-electron chi connectivity index (χ0n) is 2.25. The second kappa shape index (κ2) is 2.84. The van der Waals surface area contributed by atoms with Crippen molar-refractivity contribution in [1.82, 2.24) is 0 Å². The average Bonchev–Trinajstić information content (AvgIpc) is 0.722. The first-order valence-electron chi connectivity index (χ1n) is 0.752. The Labute approximate surface area is 54.4 Å². The maximum atomic E-state index is 8.97. The van der Waals surface area contributed by atoms with Gasteiger partial charge in [-0.25, -0.2) is 5.14 Å². The standard InChI is InChI=1S/In.H3NO3S.3H/c;1-5(2,3)4;;;/h;(H3,1,2,3,4);;;. The summed E-state index contributed by atoms with van der Waals surface area (Å²) in [4.78, 5) is 0. The molecule has 0 saturated heterocycles. The molecule has 0 aliphatic rings. The summed E-state index contributed by atoms with van der Waals surface area (Å²) in [6, 6.07) is 0. The number of hydrogen-bond acceptors (Lipinski definition) is 2. The zero-order valence-corrected chi connectivity index (χ0v) is 3.07. The summed E-state index contributed by atoms with van der Waals surface area (Å²) in [5.74, 6) is 0. The van der Waals surface area contributed by atoms with Gasteiger partial charge >= 0.3 is 36.1 Å². The second-order valence-corrected chi connectivity index (χ2v) is 1.54. The Morgan fingerprint density at radius 2 is 1.50 bits per heavy atom. The molecular formula is H6InNO3S. The van der Waals surface area contributed by atoms with Crippen LogP contribution >= 0.6 is 0 Å². The molecule has 0 radical (unpaired) electrons. The van der Waals surface area contributed by atoms with Gasteiger partial charge in [0.2, 0.25) is 0 Å². The Balaban J connectivity index is 0. The Bertz CT molecular complexity index is 94.0. The van der Waals surface area contributed by atoms with Gasteiger partial charge in [0.05, 0.1) is 0 Å². The molecule has 0 heterocycles. The summed E-state index contributed by atoms with van der Waals surface area (Å²) in [5.41, 5.74) is 0. The predicted molar refractivity (Wildman–Crippen MR) is 25.7 cm³/mol. The number of nitrogens with two attached hydrogens (primary N) is 1. The van der Waals surface area contributed by atoms with Gasteiger partial charge in [-0.1, -0.05) is 0 Å². The van der Waals surface area contributed by atoms with Crippen molar-refractivity contribution in [2.45, 2.75) is 0 Å². The van der Waals surface area contributed by atoms with E-state index in [-0.39, 0.29) is 25.8 Å². The third kappa shape index (κ3) is 121. The Hall–Kier alpha value is 0.740. The van der Waals surface area contributed by atoms with Gasteiger partial charge in [0.1, 0.15) is 0 Å². The number of hydrogen-bond donors (Lipinski definition) is 2. The van der Waals surface area contributed by atoms with Gasteiger partial charge in [-0.15, -0.1) is 0 Å². The molecule has 0 aromatic heterocycles. The summed E-state index contributed by atoms with van der Waals surface area (Å²) in [5, 5.41) is 3.88. The topological polar surface area (TPSA) is 80.4 Å². The van der Waals surface area contributed by atoms with Crippen LogP contribution in [0.3, 0.4) is 0 Å². The van der Waals surface area contributed by atoms with Gasteiger partial charge in [0, 0.05) is 0 Å². The van der Waals surface area contributed by atoms with E-state index < -0.39 is 10.3 Å². The van der Waals surface area contributed by atoms with Gasteiger partial charge in [-0.05, 0) is 0 Å².